The first kappa shape index (κ1) is 10.6. The van der Waals surface area contributed by atoms with Gasteiger partial charge in [-0.1, -0.05) is 6.07 Å². The maximum atomic E-state index is 5.67. The molecular weight excluding hydrogens is 208 g/mol. The van der Waals surface area contributed by atoms with Crippen molar-refractivity contribution in [3.63, 3.8) is 0 Å². The number of fused-ring (bicyclic) bond motifs is 1. The molecule has 1 heterocycles. The minimum atomic E-state index is 0.346. The van der Waals surface area contributed by atoms with Crippen molar-refractivity contribution >= 4 is 17.4 Å². The smallest absolute Gasteiger partial charge is 0.143 e. The molecule has 0 bridgehead atoms. The molecule has 1 aliphatic heterocycles. The van der Waals surface area contributed by atoms with Crippen LogP contribution >= 0.6 is 11.8 Å². The van der Waals surface area contributed by atoms with Gasteiger partial charge in [-0.2, -0.15) is 0 Å². The van der Waals surface area contributed by atoms with Gasteiger partial charge in [-0.15, -0.1) is 11.8 Å². The highest BCUT2D eigenvalue weighted by Crippen LogP contribution is 2.41. The lowest BCUT2D eigenvalue weighted by Crippen LogP contribution is -2.33. The average Bonchev–Trinajstić information content (AvgIpc) is 2.29. The Bertz CT molecular complexity index is 368. The van der Waals surface area contributed by atoms with Gasteiger partial charge in [-0.05, 0) is 18.6 Å². The number of benzene rings is 1. The summed E-state index contributed by atoms with van der Waals surface area (Å²) >= 11 is 1.86. The zero-order valence-electron chi connectivity index (χ0n) is 9.04. The van der Waals surface area contributed by atoms with E-state index in [1.54, 1.807) is 7.11 Å². The van der Waals surface area contributed by atoms with Crippen LogP contribution in [0.3, 0.4) is 0 Å². The number of anilines is 1. The summed E-state index contributed by atoms with van der Waals surface area (Å²) in [7, 11) is 1.70. The molecule has 82 valence electrons. The summed E-state index contributed by atoms with van der Waals surface area (Å²) in [6, 6.07) is 4.44. The molecule has 0 aliphatic carbocycles. The molecule has 0 saturated heterocycles. The number of aryl methyl sites for hydroxylation is 1. The largest absolute Gasteiger partial charge is 0.495 e. The fraction of sp³-hybridized carbons (Fsp3) is 0.455. The predicted octanol–water partition coefficient (Wildman–Crippen LogP) is 1.85. The van der Waals surface area contributed by atoms with E-state index in [0.717, 1.165) is 17.2 Å². The zero-order chi connectivity index (χ0) is 10.8. The van der Waals surface area contributed by atoms with E-state index in [-0.39, 0.29) is 0 Å². The third-order valence-corrected chi connectivity index (χ3v) is 3.98. The van der Waals surface area contributed by atoms with Gasteiger partial charge in [-0.3, -0.25) is 0 Å². The van der Waals surface area contributed by atoms with E-state index in [1.165, 1.54) is 10.5 Å². The van der Waals surface area contributed by atoms with Gasteiger partial charge in [-0.25, -0.2) is 0 Å². The number of nitrogens with one attached hydrogen (secondary N) is 1. The molecule has 0 fully saturated rings. The van der Waals surface area contributed by atoms with Gasteiger partial charge < -0.3 is 15.8 Å². The Morgan fingerprint density at radius 3 is 3.07 bits per heavy atom. The minimum absolute atomic E-state index is 0.346. The Balaban J connectivity index is 2.41. The lowest BCUT2D eigenvalue weighted by molar-refractivity contribution is 0.414. The van der Waals surface area contributed by atoms with Crippen LogP contribution in [0.4, 0.5) is 5.69 Å². The topological polar surface area (TPSA) is 47.3 Å². The van der Waals surface area contributed by atoms with E-state index in [2.05, 4.69) is 18.3 Å². The molecule has 1 aromatic rings. The zero-order valence-corrected chi connectivity index (χ0v) is 9.86. The number of rotatable bonds is 2. The highest BCUT2D eigenvalue weighted by molar-refractivity contribution is 7.99. The number of methoxy groups -OCH3 is 1. The van der Waals surface area contributed by atoms with Crippen LogP contribution in [0.2, 0.25) is 0 Å². The van der Waals surface area contributed by atoms with E-state index in [4.69, 9.17) is 10.5 Å². The first-order valence-corrected chi connectivity index (χ1v) is 6.01. The molecule has 1 unspecified atom stereocenters. The minimum Gasteiger partial charge on any atom is -0.495 e. The van der Waals surface area contributed by atoms with Crippen molar-refractivity contribution in [2.24, 2.45) is 5.73 Å². The molecule has 0 aromatic heterocycles. The van der Waals surface area contributed by atoms with Crippen LogP contribution in [0.25, 0.3) is 0 Å². The highest BCUT2D eigenvalue weighted by atomic mass is 32.2. The SMILES string of the molecule is COc1ccc(C)c2c1NC(CN)CS2. The second-order valence-electron chi connectivity index (χ2n) is 3.68. The van der Waals surface area contributed by atoms with Gasteiger partial charge in [0, 0.05) is 23.2 Å². The summed E-state index contributed by atoms with van der Waals surface area (Å²) in [5, 5.41) is 3.44. The molecule has 1 aromatic carbocycles. The van der Waals surface area contributed by atoms with Crippen LogP contribution in [0.15, 0.2) is 17.0 Å². The summed E-state index contributed by atoms with van der Waals surface area (Å²) in [5.41, 5.74) is 8.06. The molecule has 2 rings (SSSR count). The van der Waals surface area contributed by atoms with Gasteiger partial charge >= 0.3 is 0 Å². The summed E-state index contributed by atoms with van der Waals surface area (Å²) in [6.07, 6.45) is 0. The summed E-state index contributed by atoms with van der Waals surface area (Å²) in [4.78, 5) is 1.29. The van der Waals surface area contributed by atoms with E-state index < -0.39 is 0 Å². The van der Waals surface area contributed by atoms with Crippen LogP contribution in [0, 0.1) is 6.92 Å². The normalized spacial score (nSPS) is 19.3. The lowest BCUT2D eigenvalue weighted by Gasteiger charge is -2.28. The Kier molecular flexibility index (Phi) is 3.07. The molecule has 0 saturated carbocycles. The number of hydrogen-bond donors (Lipinski definition) is 2. The molecule has 3 nitrogen and oxygen atoms in total. The van der Waals surface area contributed by atoms with E-state index in [9.17, 15) is 0 Å². The maximum absolute atomic E-state index is 5.67. The van der Waals surface area contributed by atoms with Crippen molar-refractivity contribution in [2.45, 2.75) is 17.9 Å². The van der Waals surface area contributed by atoms with Crippen LogP contribution < -0.4 is 15.8 Å². The summed E-state index contributed by atoms with van der Waals surface area (Å²) < 4.78 is 5.34. The van der Waals surface area contributed by atoms with Crippen molar-refractivity contribution in [3.8, 4) is 5.75 Å². The monoisotopic (exact) mass is 224 g/mol. The van der Waals surface area contributed by atoms with Gasteiger partial charge in [0.05, 0.1) is 12.8 Å². The first-order valence-electron chi connectivity index (χ1n) is 5.03. The first-order chi connectivity index (χ1) is 7.26. The number of thioether (sulfide) groups is 1. The van der Waals surface area contributed by atoms with Crippen molar-refractivity contribution in [1.82, 2.24) is 0 Å². The second-order valence-corrected chi connectivity index (χ2v) is 4.71. The van der Waals surface area contributed by atoms with Gasteiger partial charge in [0.2, 0.25) is 0 Å². The molecule has 1 atom stereocenters. The van der Waals surface area contributed by atoms with Crippen LogP contribution in [0.5, 0.6) is 5.75 Å². The van der Waals surface area contributed by atoms with E-state index in [1.807, 2.05) is 17.8 Å². The maximum Gasteiger partial charge on any atom is 0.143 e. The Morgan fingerprint density at radius 2 is 2.40 bits per heavy atom. The molecule has 0 amide bonds. The van der Waals surface area contributed by atoms with Gasteiger partial charge in [0.1, 0.15) is 5.75 Å². The number of hydrogen-bond acceptors (Lipinski definition) is 4. The van der Waals surface area contributed by atoms with Crippen LogP contribution in [-0.4, -0.2) is 25.4 Å². The molecule has 1 aliphatic rings. The molecule has 0 spiro atoms. The van der Waals surface area contributed by atoms with E-state index in [0.29, 0.717) is 12.6 Å². The molecular formula is C11H16N2OS. The Hall–Kier alpha value is -0.870. The molecule has 15 heavy (non-hydrogen) atoms. The van der Waals surface area contributed by atoms with Crippen molar-refractivity contribution in [1.29, 1.82) is 0 Å². The Morgan fingerprint density at radius 1 is 1.60 bits per heavy atom. The number of ether oxygens (including phenoxy) is 1. The average molecular weight is 224 g/mol. The lowest BCUT2D eigenvalue weighted by atomic mass is 10.2. The fourth-order valence-electron chi connectivity index (χ4n) is 1.72. The highest BCUT2D eigenvalue weighted by Gasteiger charge is 2.21. The third kappa shape index (κ3) is 1.92. The van der Waals surface area contributed by atoms with Gasteiger partial charge in [0.25, 0.3) is 0 Å². The van der Waals surface area contributed by atoms with Crippen LogP contribution in [0.1, 0.15) is 5.56 Å². The quantitative estimate of drug-likeness (QED) is 0.805. The fourth-order valence-corrected chi connectivity index (χ4v) is 2.91. The molecule has 0 radical (unpaired) electrons. The standard InChI is InChI=1S/C11H16N2OS/c1-7-3-4-9(14-2)10-11(7)15-6-8(5-12)13-10/h3-4,8,13H,5-6,12H2,1-2H3. The number of nitrogens with two attached hydrogens (primary N) is 1. The van der Waals surface area contributed by atoms with Crippen LogP contribution in [-0.2, 0) is 0 Å². The summed E-state index contributed by atoms with van der Waals surface area (Å²) in [5.74, 6) is 1.93. The van der Waals surface area contributed by atoms with Crippen molar-refractivity contribution < 1.29 is 4.74 Å². The van der Waals surface area contributed by atoms with Crippen molar-refractivity contribution in [3.05, 3.63) is 17.7 Å². The Labute approximate surface area is 94.4 Å². The third-order valence-electron chi connectivity index (χ3n) is 2.60. The van der Waals surface area contributed by atoms with Crippen molar-refractivity contribution in [2.75, 3.05) is 24.7 Å². The predicted molar refractivity (Wildman–Crippen MR) is 64.9 cm³/mol. The molecule has 3 N–H and O–H groups in total. The second kappa shape index (κ2) is 4.33. The molecule has 4 heteroatoms. The summed E-state index contributed by atoms with van der Waals surface area (Å²) in [6.45, 7) is 2.78. The van der Waals surface area contributed by atoms with Gasteiger partial charge in [0.15, 0.2) is 0 Å². The van der Waals surface area contributed by atoms with E-state index >= 15 is 0 Å².